The lowest BCUT2D eigenvalue weighted by molar-refractivity contribution is -0.123. The van der Waals surface area contributed by atoms with E-state index in [-0.39, 0.29) is 5.78 Å². The zero-order valence-electron chi connectivity index (χ0n) is 14.3. The number of hydrogen-bond acceptors (Lipinski definition) is 6. The number of thioether (sulfide) groups is 1. The minimum atomic E-state index is -0.682. The molecule has 1 fully saturated rings. The van der Waals surface area contributed by atoms with Crippen molar-refractivity contribution >= 4 is 17.5 Å². The summed E-state index contributed by atoms with van der Waals surface area (Å²) in [6.45, 7) is 1.77. The van der Waals surface area contributed by atoms with Gasteiger partial charge in [-0.3, -0.25) is 10.1 Å². The molecule has 1 aliphatic rings. The molecule has 1 unspecified atom stereocenters. The summed E-state index contributed by atoms with van der Waals surface area (Å²) in [5, 5.41) is 3.39. The molecule has 0 bridgehead atoms. The van der Waals surface area contributed by atoms with Crippen molar-refractivity contribution in [3.63, 3.8) is 0 Å². The lowest BCUT2D eigenvalue weighted by Crippen LogP contribution is -2.56. The number of carbonyl (C=O) groups is 1. The predicted molar refractivity (Wildman–Crippen MR) is 98.1 cm³/mol. The summed E-state index contributed by atoms with van der Waals surface area (Å²) in [5.74, 6) is 2.63. The van der Waals surface area contributed by atoms with Crippen LogP contribution >= 0.6 is 11.8 Å². The number of Topliss-reactive ketones (excluding diaryl/α,β-unsaturated/α-hetero) is 1. The normalized spacial score (nSPS) is 20.2. The molecule has 0 aliphatic carbocycles. The topological polar surface area (TPSA) is 65.4 Å². The third-order valence-corrected chi connectivity index (χ3v) is 5.66. The fraction of sp³-hybridized carbons (Fsp3) is 0.444. The summed E-state index contributed by atoms with van der Waals surface area (Å²) in [5.41, 5.74) is 0. The number of ether oxygens (including phenoxy) is 2. The molecule has 25 heavy (non-hydrogen) atoms. The highest BCUT2D eigenvalue weighted by molar-refractivity contribution is 8.01. The van der Waals surface area contributed by atoms with Crippen molar-refractivity contribution in [2.75, 3.05) is 26.0 Å². The second-order valence-corrected chi connectivity index (χ2v) is 7.29. The molecule has 1 N–H and O–H groups in total. The van der Waals surface area contributed by atoms with E-state index in [1.54, 1.807) is 31.4 Å². The summed E-state index contributed by atoms with van der Waals surface area (Å²) in [4.78, 5) is 16.3. The summed E-state index contributed by atoms with van der Waals surface area (Å²) < 4.78 is 13.0. The Hall–Kier alpha value is -1.99. The molecule has 0 saturated carbocycles. The van der Waals surface area contributed by atoms with Gasteiger partial charge in [0.2, 0.25) is 0 Å². The highest BCUT2D eigenvalue weighted by Crippen LogP contribution is 2.30. The molecule has 1 atom stereocenters. The third kappa shape index (κ3) is 4.55. The van der Waals surface area contributed by atoms with Crippen molar-refractivity contribution < 1.29 is 14.3 Å². The van der Waals surface area contributed by atoms with E-state index in [9.17, 15) is 4.79 Å². The second-order valence-electron chi connectivity index (χ2n) is 5.89. The van der Waals surface area contributed by atoms with Crippen LogP contribution in [0.4, 0.5) is 0 Å². The van der Waals surface area contributed by atoms with Crippen LogP contribution in [0.3, 0.4) is 0 Å². The lowest BCUT2D eigenvalue weighted by Gasteiger charge is -2.36. The number of aryl methyl sites for hydroxylation is 1. The van der Waals surface area contributed by atoms with Crippen LogP contribution in [0.2, 0.25) is 0 Å². The fourth-order valence-electron chi connectivity index (χ4n) is 2.72. The molecule has 0 radical (unpaired) electrons. The van der Waals surface area contributed by atoms with Crippen molar-refractivity contribution in [1.82, 2.24) is 14.9 Å². The van der Waals surface area contributed by atoms with Crippen molar-refractivity contribution in [2.45, 2.75) is 24.3 Å². The minimum Gasteiger partial charge on any atom is -0.497 e. The van der Waals surface area contributed by atoms with E-state index >= 15 is 0 Å². The molecule has 0 amide bonds. The van der Waals surface area contributed by atoms with E-state index in [1.165, 1.54) is 0 Å². The van der Waals surface area contributed by atoms with Gasteiger partial charge in [0.15, 0.2) is 10.7 Å². The molecule has 2 aromatic rings. The molecule has 1 aromatic heterocycles. The summed E-state index contributed by atoms with van der Waals surface area (Å²) in [6, 6.07) is 7.42. The Kier molecular flexibility index (Phi) is 5.99. The van der Waals surface area contributed by atoms with E-state index < -0.39 is 4.87 Å². The number of benzene rings is 1. The Morgan fingerprint density at radius 3 is 2.80 bits per heavy atom. The standard InChI is InChI=1S/C18H23N3O3S/c1-23-15-3-5-16(6-4-15)24-13-18(20-8-2-12-25-18)17(22)7-10-21-11-9-19-14-21/h3-6,9,11,14,20H,2,7-8,10,12-13H2,1H3. The molecular formula is C18H23N3O3S. The second kappa shape index (κ2) is 8.40. The smallest absolute Gasteiger partial charge is 0.168 e. The number of aromatic nitrogens is 2. The van der Waals surface area contributed by atoms with Crippen LogP contribution in [-0.2, 0) is 11.3 Å². The Balaban J connectivity index is 1.63. The van der Waals surface area contributed by atoms with E-state index in [4.69, 9.17) is 9.47 Å². The van der Waals surface area contributed by atoms with Crippen LogP contribution in [0.15, 0.2) is 43.0 Å². The van der Waals surface area contributed by atoms with Crippen molar-refractivity contribution in [3.05, 3.63) is 43.0 Å². The van der Waals surface area contributed by atoms with Crippen LogP contribution in [0.25, 0.3) is 0 Å². The highest BCUT2D eigenvalue weighted by atomic mass is 32.2. The molecule has 6 nitrogen and oxygen atoms in total. The summed E-state index contributed by atoms with van der Waals surface area (Å²) in [7, 11) is 1.63. The molecule has 3 rings (SSSR count). The third-order valence-electron chi connectivity index (χ3n) is 4.19. The van der Waals surface area contributed by atoms with Crippen LogP contribution < -0.4 is 14.8 Å². The average molecular weight is 361 g/mol. The number of nitrogens with one attached hydrogen (secondary N) is 1. The Labute approximate surface area is 151 Å². The fourth-order valence-corrected chi connectivity index (χ4v) is 3.97. The number of hydrogen-bond donors (Lipinski definition) is 1. The first-order valence-electron chi connectivity index (χ1n) is 8.37. The van der Waals surface area contributed by atoms with Crippen LogP contribution in [0.1, 0.15) is 12.8 Å². The van der Waals surface area contributed by atoms with Gasteiger partial charge in [0.1, 0.15) is 18.1 Å². The SMILES string of the molecule is COc1ccc(OCC2(C(=O)CCn3ccnc3)NCCCS2)cc1. The quantitative estimate of drug-likeness (QED) is 0.779. The Bertz CT molecular complexity index is 667. The molecule has 134 valence electrons. The first-order valence-corrected chi connectivity index (χ1v) is 9.35. The van der Waals surface area contributed by atoms with E-state index in [0.717, 1.165) is 30.2 Å². The molecule has 1 aliphatic heterocycles. The number of rotatable bonds is 8. The van der Waals surface area contributed by atoms with Crippen LogP contribution in [-0.4, -0.2) is 46.2 Å². The van der Waals surface area contributed by atoms with Gasteiger partial charge in [0.05, 0.1) is 13.4 Å². The molecule has 2 heterocycles. The van der Waals surface area contributed by atoms with Crippen molar-refractivity contribution in [2.24, 2.45) is 0 Å². The lowest BCUT2D eigenvalue weighted by atomic mass is 10.1. The number of ketones is 1. The maximum atomic E-state index is 12.9. The molecule has 7 heteroatoms. The van der Waals surface area contributed by atoms with E-state index in [1.807, 2.05) is 35.0 Å². The molecule has 0 spiro atoms. The first kappa shape index (κ1) is 17.8. The maximum Gasteiger partial charge on any atom is 0.168 e. The molecular weight excluding hydrogens is 338 g/mol. The van der Waals surface area contributed by atoms with Gasteiger partial charge in [-0.25, -0.2) is 4.98 Å². The Morgan fingerprint density at radius 2 is 2.16 bits per heavy atom. The van der Waals surface area contributed by atoms with Gasteiger partial charge in [-0.05, 0) is 43.0 Å². The predicted octanol–water partition coefficient (Wildman–Crippen LogP) is 2.35. The largest absolute Gasteiger partial charge is 0.497 e. The number of imidazole rings is 1. The monoisotopic (exact) mass is 361 g/mol. The van der Waals surface area contributed by atoms with E-state index in [0.29, 0.717) is 19.6 Å². The molecule has 1 aromatic carbocycles. The number of carbonyl (C=O) groups excluding carboxylic acids is 1. The Morgan fingerprint density at radius 1 is 1.36 bits per heavy atom. The summed E-state index contributed by atoms with van der Waals surface area (Å²) in [6.07, 6.45) is 6.83. The molecule has 1 saturated heterocycles. The van der Waals surface area contributed by atoms with Gasteiger partial charge in [0, 0.05) is 25.4 Å². The van der Waals surface area contributed by atoms with Gasteiger partial charge in [-0.15, -0.1) is 11.8 Å². The zero-order valence-corrected chi connectivity index (χ0v) is 15.1. The van der Waals surface area contributed by atoms with Gasteiger partial charge in [-0.2, -0.15) is 0 Å². The first-order chi connectivity index (χ1) is 12.2. The minimum absolute atomic E-state index is 0.166. The summed E-state index contributed by atoms with van der Waals surface area (Å²) >= 11 is 1.65. The van der Waals surface area contributed by atoms with Gasteiger partial charge in [0.25, 0.3) is 0 Å². The van der Waals surface area contributed by atoms with Crippen molar-refractivity contribution in [3.8, 4) is 11.5 Å². The van der Waals surface area contributed by atoms with E-state index in [2.05, 4.69) is 10.3 Å². The zero-order chi connectivity index (χ0) is 17.5. The highest BCUT2D eigenvalue weighted by Gasteiger charge is 2.40. The van der Waals surface area contributed by atoms with Crippen LogP contribution in [0.5, 0.6) is 11.5 Å². The van der Waals surface area contributed by atoms with Gasteiger partial charge < -0.3 is 14.0 Å². The maximum absolute atomic E-state index is 12.9. The van der Waals surface area contributed by atoms with Crippen LogP contribution in [0, 0.1) is 0 Å². The number of methoxy groups -OCH3 is 1. The van der Waals surface area contributed by atoms with Gasteiger partial charge in [-0.1, -0.05) is 0 Å². The number of nitrogens with zero attached hydrogens (tertiary/aromatic N) is 2. The van der Waals surface area contributed by atoms with Crippen molar-refractivity contribution in [1.29, 1.82) is 0 Å². The average Bonchev–Trinajstić information content (AvgIpc) is 3.19. The van der Waals surface area contributed by atoms with Gasteiger partial charge >= 0.3 is 0 Å².